The molecule has 58 heavy (non-hydrogen) atoms. The van der Waals surface area contributed by atoms with Crippen molar-refractivity contribution in [2.45, 2.75) is 5.41 Å². The number of hydrogen-bond donors (Lipinski definition) is 0. The van der Waals surface area contributed by atoms with Crippen LogP contribution in [0.3, 0.4) is 0 Å². The average Bonchev–Trinajstić information content (AvgIpc) is 3.88. The second kappa shape index (κ2) is 14.1. The largest absolute Gasteiger partial charge is 0.228 e. The van der Waals surface area contributed by atoms with E-state index < -0.39 is 5.41 Å². The molecule has 1 aliphatic carbocycles. The van der Waals surface area contributed by atoms with Crippen LogP contribution < -0.4 is 0 Å². The molecule has 0 spiro atoms. The van der Waals surface area contributed by atoms with Crippen LogP contribution in [0.2, 0.25) is 0 Å². The molecule has 272 valence electrons. The summed E-state index contributed by atoms with van der Waals surface area (Å²) in [5, 5.41) is 1.27. The van der Waals surface area contributed by atoms with E-state index in [1.54, 1.807) is 0 Å². The summed E-state index contributed by atoms with van der Waals surface area (Å²) >= 11 is 1.83. The summed E-state index contributed by atoms with van der Waals surface area (Å²) in [4.78, 5) is 12.1. The van der Waals surface area contributed by atoms with Gasteiger partial charge in [-0.2, -0.15) is 0 Å². The van der Waals surface area contributed by atoms with Crippen molar-refractivity contribution in [2.24, 2.45) is 0 Å². The van der Waals surface area contributed by atoms with Gasteiger partial charge in [0.1, 0.15) is 0 Å². The Morgan fingerprint density at radius 3 is 1.64 bits per heavy atom. The van der Waals surface area contributed by atoms with Gasteiger partial charge in [0.25, 0.3) is 0 Å². The van der Waals surface area contributed by atoms with E-state index in [1.807, 2.05) is 11.3 Å². The van der Waals surface area contributed by atoms with E-state index in [2.05, 4.69) is 218 Å². The van der Waals surface area contributed by atoms with Gasteiger partial charge in [-0.25, -0.2) is 9.97 Å². The maximum Gasteiger partial charge on any atom is 0.161 e. The first-order chi connectivity index (χ1) is 28.8. The standard InChI is InChI=1S/C55H36N2S/c1-4-17-37(18-5-1)43-24-11-12-25-44(43)54-56-49(38-31-33-39(34-32-38)52-35-40-19-10-15-30-51(40)58-52)36-50(57-54)46-27-16-29-48-53(46)45-26-13-14-28-47(45)55(48,41-20-6-2-7-21-41)42-22-8-3-9-23-42/h1-36H. The predicted octanol–water partition coefficient (Wildman–Crippen LogP) is 14.4. The van der Waals surface area contributed by atoms with Crippen LogP contribution in [0, 0.1) is 0 Å². The van der Waals surface area contributed by atoms with E-state index in [0.29, 0.717) is 5.82 Å². The lowest BCUT2D eigenvalue weighted by Crippen LogP contribution is -2.28. The maximum absolute atomic E-state index is 5.51. The number of fused-ring (bicyclic) bond motifs is 4. The Hall–Kier alpha value is -7.20. The fourth-order valence-electron chi connectivity index (χ4n) is 9.04. The summed E-state index contributed by atoms with van der Waals surface area (Å²) in [5.41, 5.74) is 15.3. The van der Waals surface area contributed by atoms with Crippen LogP contribution in [0.15, 0.2) is 218 Å². The molecule has 3 heteroatoms. The molecular weight excluding hydrogens is 721 g/mol. The molecular formula is C55H36N2S. The van der Waals surface area contributed by atoms with Gasteiger partial charge in [0.15, 0.2) is 5.82 Å². The Morgan fingerprint density at radius 1 is 0.362 bits per heavy atom. The predicted molar refractivity (Wildman–Crippen MR) is 242 cm³/mol. The fourth-order valence-corrected chi connectivity index (χ4v) is 10.1. The monoisotopic (exact) mass is 756 g/mol. The Bertz CT molecular complexity index is 3020. The molecule has 2 heterocycles. The van der Waals surface area contributed by atoms with Crippen molar-refractivity contribution in [1.29, 1.82) is 0 Å². The number of thiophene rings is 1. The summed E-state index contributed by atoms with van der Waals surface area (Å²) in [6, 6.07) is 78.6. The van der Waals surface area contributed by atoms with Gasteiger partial charge < -0.3 is 0 Å². The third-order valence-corrected chi connectivity index (χ3v) is 12.8. The fraction of sp³-hybridized carbons (Fsp3) is 0.0182. The van der Waals surface area contributed by atoms with Crippen LogP contribution >= 0.6 is 11.3 Å². The average molecular weight is 757 g/mol. The molecule has 0 bridgehead atoms. The SMILES string of the molecule is c1ccc(-c2ccccc2-c2nc(-c3ccc(-c4cc5ccccc5s4)cc3)cc(-c3cccc4c3-c3ccccc3C4(c3ccccc3)c3ccccc3)n2)cc1. The highest BCUT2D eigenvalue weighted by molar-refractivity contribution is 7.22. The molecule has 0 unspecified atom stereocenters. The lowest BCUT2D eigenvalue weighted by molar-refractivity contribution is 0.768. The smallest absolute Gasteiger partial charge is 0.161 e. The molecule has 11 rings (SSSR count). The van der Waals surface area contributed by atoms with Crippen molar-refractivity contribution in [3.8, 4) is 66.6 Å². The molecule has 2 nitrogen and oxygen atoms in total. The van der Waals surface area contributed by atoms with Crippen LogP contribution in [-0.4, -0.2) is 9.97 Å². The molecule has 1 aliphatic rings. The third kappa shape index (κ3) is 5.55. The lowest BCUT2D eigenvalue weighted by atomic mass is 9.67. The van der Waals surface area contributed by atoms with E-state index in [-0.39, 0.29) is 0 Å². The molecule has 0 aliphatic heterocycles. The summed E-state index contributed by atoms with van der Waals surface area (Å²) in [7, 11) is 0. The normalized spacial score (nSPS) is 12.6. The summed E-state index contributed by atoms with van der Waals surface area (Å²) in [6.07, 6.45) is 0. The number of hydrogen-bond acceptors (Lipinski definition) is 3. The summed E-state index contributed by atoms with van der Waals surface area (Å²) in [5.74, 6) is 0.696. The Balaban J connectivity index is 1.14. The first kappa shape index (κ1) is 34.1. The maximum atomic E-state index is 5.51. The minimum absolute atomic E-state index is 0.508. The molecule has 0 saturated carbocycles. The van der Waals surface area contributed by atoms with Gasteiger partial charge in [-0.1, -0.05) is 200 Å². The molecule has 0 saturated heterocycles. The number of aromatic nitrogens is 2. The van der Waals surface area contributed by atoms with Gasteiger partial charge in [-0.15, -0.1) is 11.3 Å². The van der Waals surface area contributed by atoms with Crippen molar-refractivity contribution in [3.63, 3.8) is 0 Å². The summed E-state index contributed by atoms with van der Waals surface area (Å²) in [6.45, 7) is 0. The van der Waals surface area contributed by atoms with Crippen molar-refractivity contribution in [3.05, 3.63) is 241 Å². The van der Waals surface area contributed by atoms with Crippen LogP contribution in [0.4, 0.5) is 0 Å². The molecule has 2 aromatic heterocycles. The summed E-state index contributed by atoms with van der Waals surface area (Å²) < 4.78 is 1.30. The van der Waals surface area contributed by atoms with E-state index in [4.69, 9.17) is 9.97 Å². The zero-order valence-corrected chi connectivity index (χ0v) is 32.4. The quantitative estimate of drug-likeness (QED) is 0.162. The minimum atomic E-state index is -0.508. The zero-order chi connectivity index (χ0) is 38.5. The van der Waals surface area contributed by atoms with E-state index in [9.17, 15) is 0 Å². The van der Waals surface area contributed by atoms with E-state index in [0.717, 1.165) is 39.2 Å². The van der Waals surface area contributed by atoms with E-state index >= 15 is 0 Å². The van der Waals surface area contributed by atoms with Crippen LogP contribution in [0.5, 0.6) is 0 Å². The van der Waals surface area contributed by atoms with Crippen molar-refractivity contribution in [1.82, 2.24) is 9.97 Å². The second-order valence-electron chi connectivity index (χ2n) is 14.9. The molecule has 8 aromatic carbocycles. The minimum Gasteiger partial charge on any atom is -0.228 e. The van der Waals surface area contributed by atoms with Crippen LogP contribution in [0.1, 0.15) is 22.3 Å². The lowest BCUT2D eigenvalue weighted by Gasteiger charge is -2.33. The molecule has 0 amide bonds. The van der Waals surface area contributed by atoms with Crippen molar-refractivity contribution < 1.29 is 0 Å². The Labute approximate surface area is 342 Å². The number of nitrogens with zero attached hydrogens (tertiary/aromatic N) is 2. The molecule has 0 fully saturated rings. The van der Waals surface area contributed by atoms with Gasteiger partial charge in [-0.05, 0) is 73.7 Å². The first-order valence-corrected chi connectivity index (χ1v) is 20.6. The topological polar surface area (TPSA) is 25.8 Å². The van der Waals surface area contributed by atoms with Crippen molar-refractivity contribution >= 4 is 21.4 Å². The van der Waals surface area contributed by atoms with Gasteiger partial charge in [0, 0.05) is 26.3 Å². The highest BCUT2D eigenvalue weighted by Crippen LogP contribution is 2.58. The second-order valence-corrected chi connectivity index (χ2v) is 15.9. The molecule has 10 aromatic rings. The highest BCUT2D eigenvalue weighted by Gasteiger charge is 2.46. The van der Waals surface area contributed by atoms with Crippen LogP contribution in [0.25, 0.3) is 76.7 Å². The molecule has 0 N–H and O–H groups in total. The van der Waals surface area contributed by atoms with Crippen molar-refractivity contribution in [2.75, 3.05) is 0 Å². The first-order valence-electron chi connectivity index (χ1n) is 19.7. The third-order valence-electron chi connectivity index (χ3n) is 11.6. The zero-order valence-electron chi connectivity index (χ0n) is 31.6. The van der Waals surface area contributed by atoms with E-state index in [1.165, 1.54) is 53.9 Å². The van der Waals surface area contributed by atoms with Gasteiger partial charge in [0.05, 0.1) is 16.8 Å². The Kier molecular flexibility index (Phi) is 8.27. The highest BCUT2D eigenvalue weighted by atomic mass is 32.1. The number of benzene rings is 8. The van der Waals surface area contributed by atoms with Gasteiger partial charge >= 0.3 is 0 Å². The Morgan fingerprint density at radius 2 is 0.914 bits per heavy atom. The molecule has 0 atom stereocenters. The van der Waals surface area contributed by atoms with Gasteiger partial charge in [0.2, 0.25) is 0 Å². The van der Waals surface area contributed by atoms with Gasteiger partial charge in [-0.3, -0.25) is 0 Å². The van der Waals surface area contributed by atoms with Crippen LogP contribution in [-0.2, 0) is 5.41 Å². The number of rotatable bonds is 7. The molecule has 0 radical (unpaired) electrons.